The molecule has 1 unspecified atom stereocenters. The third kappa shape index (κ3) is 6.75. The van der Waals surface area contributed by atoms with E-state index in [2.05, 4.69) is 39.6 Å². The van der Waals surface area contributed by atoms with Crippen LogP contribution in [0.15, 0.2) is 41.4 Å². The summed E-state index contributed by atoms with van der Waals surface area (Å²) in [6.07, 6.45) is 1.07. The molecule has 174 valence electrons. The number of pyridine rings is 1. The van der Waals surface area contributed by atoms with Gasteiger partial charge in [0, 0.05) is 52.4 Å². The SMILES string of the molecule is CCNC(=NCc1cccc(N(C)C)n1)NC1CCN(Cc2cc(OC)cc(OC)c2)C1. The van der Waals surface area contributed by atoms with E-state index in [1.165, 1.54) is 5.56 Å². The second-order valence-corrected chi connectivity index (χ2v) is 8.16. The molecule has 1 aromatic carbocycles. The predicted octanol–water partition coefficient (Wildman–Crippen LogP) is 2.49. The number of aromatic nitrogens is 1. The summed E-state index contributed by atoms with van der Waals surface area (Å²) in [5.74, 6) is 3.42. The van der Waals surface area contributed by atoms with Crippen LogP contribution in [0.5, 0.6) is 11.5 Å². The van der Waals surface area contributed by atoms with Crippen LogP contribution in [-0.4, -0.2) is 69.8 Å². The summed E-state index contributed by atoms with van der Waals surface area (Å²) in [4.78, 5) is 13.9. The Morgan fingerprint density at radius 2 is 1.94 bits per heavy atom. The van der Waals surface area contributed by atoms with Gasteiger partial charge in [0.15, 0.2) is 5.96 Å². The molecule has 0 saturated carbocycles. The van der Waals surface area contributed by atoms with E-state index in [4.69, 9.17) is 14.5 Å². The van der Waals surface area contributed by atoms with Crippen molar-refractivity contribution in [1.29, 1.82) is 0 Å². The van der Waals surface area contributed by atoms with Gasteiger partial charge in [0.1, 0.15) is 17.3 Å². The van der Waals surface area contributed by atoms with Crippen molar-refractivity contribution in [3.63, 3.8) is 0 Å². The third-order valence-electron chi connectivity index (χ3n) is 5.42. The van der Waals surface area contributed by atoms with Crippen molar-refractivity contribution in [3.8, 4) is 11.5 Å². The largest absolute Gasteiger partial charge is 0.497 e. The molecule has 2 aromatic rings. The minimum Gasteiger partial charge on any atom is -0.497 e. The zero-order chi connectivity index (χ0) is 22.9. The smallest absolute Gasteiger partial charge is 0.191 e. The van der Waals surface area contributed by atoms with Crippen LogP contribution in [0, 0.1) is 0 Å². The Labute approximate surface area is 191 Å². The number of hydrogen-bond acceptors (Lipinski definition) is 6. The summed E-state index contributed by atoms with van der Waals surface area (Å²) < 4.78 is 10.8. The number of nitrogens with one attached hydrogen (secondary N) is 2. The standard InChI is InChI=1S/C24H36N6O2/c1-6-25-24(26-15-19-8-7-9-23(27-19)29(2)3)28-20-10-11-30(17-20)16-18-12-21(31-4)14-22(13-18)32-5/h7-9,12-14,20H,6,10-11,15-17H2,1-5H3,(H2,25,26,28). The summed E-state index contributed by atoms with van der Waals surface area (Å²) >= 11 is 0. The van der Waals surface area contributed by atoms with Crippen LogP contribution >= 0.6 is 0 Å². The van der Waals surface area contributed by atoms with Gasteiger partial charge in [-0.25, -0.2) is 9.98 Å². The Morgan fingerprint density at radius 3 is 2.59 bits per heavy atom. The summed E-state index contributed by atoms with van der Waals surface area (Å²) in [5.41, 5.74) is 2.14. The lowest BCUT2D eigenvalue weighted by molar-refractivity contribution is 0.321. The highest BCUT2D eigenvalue weighted by Gasteiger charge is 2.23. The Morgan fingerprint density at radius 1 is 1.19 bits per heavy atom. The van der Waals surface area contributed by atoms with Gasteiger partial charge in [-0.3, -0.25) is 4.90 Å². The lowest BCUT2D eigenvalue weighted by Crippen LogP contribution is -2.44. The molecule has 1 saturated heterocycles. The Kier molecular flexibility index (Phi) is 8.56. The maximum Gasteiger partial charge on any atom is 0.191 e. The molecule has 8 nitrogen and oxygen atoms in total. The molecule has 0 aliphatic carbocycles. The first-order valence-electron chi connectivity index (χ1n) is 11.1. The van der Waals surface area contributed by atoms with Crippen LogP contribution in [-0.2, 0) is 13.1 Å². The molecule has 1 aliphatic rings. The van der Waals surface area contributed by atoms with Gasteiger partial charge in [0.2, 0.25) is 0 Å². The molecule has 0 spiro atoms. The molecule has 0 bridgehead atoms. The van der Waals surface area contributed by atoms with Crippen molar-refractivity contribution in [3.05, 3.63) is 47.7 Å². The van der Waals surface area contributed by atoms with E-state index in [9.17, 15) is 0 Å². The van der Waals surface area contributed by atoms with Crippen molar-refractivity contribution < 1.29 is 9.47 Å². The molecular weight excluding hydrogens is 404 g/mol. The lowest BCUT2D eigenvalue weighted by atomic mass is 10.2. The molecule has 2 N–H and O–H groups in total. The van der Waals surface area contributed by atoms with Gasteiger partial charge in [0.05, 0.1) is 26.5 Å². The molecule has 1 fully saturated rings. The van der Waals surface area contributed by atoms with E-state index in [1.54, 1.807) is 14.2 Å². The number of anilines is 1. The van der Waals surface area contributed by atoms with Gasteiger partial charge >= 0.3 is 0 Å². The van der Waals surface area contributed by atoms with E-state index >= 15 is 0 Å². The quantitative estimate of drug-likeness (QED) is 0.458. The number of ether oxygens (including phenoxy) is 2. The second kappa shape index (κ2) is 11.6. The number of rotatable bonds is 9. The monoisotopic (exact) mass is 440 g/mol. The normalized spacial score (nSPS) is 16.7. The summed E-state index contributed by atoms with van der Waals surface area (Å²) in [6, 6.07) is 12.4. The number of aliphatic imine (C=N–C) groups is 1. The molecule has 8 heteroatoms. The fourth-order valence-electron chi connectivity index (χ4n) is 3.79. The van der Waals surface area contributed by atoms with E-state index in [1.807, 2.05) is 43.3 Å². The molecule has 1 aliphatic heterocycles. The fourth-order valence-corrected chi connectivity index (χ4v) is 3.79. The van der Waals surface area contributed by atoms with Crippen LogP contribution in [0.2, 0.25) is 0 Å². The van der Waals surface area contributed by atoms with Crippen molar-refractivity contribution >= 4 is 11.8 Å². The molecule has 1 aromatic heterocycles. The molecule has 0 amide bonds. The number of guanidine groups is 1. The van der Waals surface area contributed by atoms with E-state index in [-0.39, 0.29) is 0 Å². The number of nitrogens with zero attached hydrogens (tertiary/aromatic N) is 4. The topological polar surface area (TPSA) is 74.3 Å². The van der Waals surface area contributed by atoms with Crippen molar-refractivity contribution in [2.45, 2.75) is 32.5 Å². The minimum absolute atomic E-state index is 0.348. The number of hydrogen-bond donors (Lipinski definition) is 2. The first kappa shape index (κ1) is 23.7. The van der Waals surface area contributed by atoms with Crippen LogP contribution in [0.25, 0.3) is 0 Å². The first-order chi connectivity index (χ1) is 15.5. The van der Waals surface area contributed by atoms with E-state index in [0.29, 0.717) is 12.6 Å². The highest BCUT2D eigenvalue weighted by Crippen LogP contribution is 2.24. The Bertz CT molecular complexity index is 880. The molecule has 2 heterocycles. The van der Waals surface area contributed by atoms with Crippen molar-refractivity contribution in [2.75, 3.05) is 52.8 Å². The molecule has 1 atom stereocenters. The number of methoxy groups -OCH3 is 2. The average Bonchev–Trinajstić information content (AvgIpc) is 3.24. The third-order valence-corrected chi connectivity index (χ3v) is 5.42. The molecular formula is C24H36N6O2. The van der Waals surface area contributed by atoms with Crippen molar-refractivity contribution in [1.82, 2.24) is 20.5 Å². The van der Waals surface area contributed by atoms with Gasteiger partial charge in [-0.1, -0.05) is 6.07 Å². The zero-order valence-electron chi connectivity index (χ0n) is 19.9. The maximum absolute atomic E-state index is 5.40. The fraction of sp³-hybridized carbons (Fsp3) is 0.500. The van der Waals surface area contributed by atoms with Gasteiger partial charge < -0.3 is 25.0 Å². The zero-order valence-corrected chi connectivity index (χ0v) is 19.9. The van der Waals surface area contributed by atoms with E-state index in [0.717, 1.165) is 61.6 Å². The Balaban J connectivity index is 1.58. The van der Waals surface area contributed by atoms with Crippen molar-refractivity contribution in [2.24, 2.45) is 4.99 Å². The van der Waals surface area contributed by atoms with Crippen LogP contribution in [0.1, 0.15) is 24.6 Å². The first-order valence-corrected chi connectivity index (χ1v) is 11.1. The summed E-state index contributed by atoms with van der Waals surface area (Å²) in [7, 11) is 7.35. The van der Waals surface area contributed by atoms with Gasteiger partial charge in [-0.15, -0.1) is 0 Å². The van der Waals surface area contributed by atoms with Crippen LogP contribution in [0.3, 0.4) is 0 Å². The minimum atomic E-state index is 0.348. The van der Waals surface area contributed by atoms with Crippen LogP contribution < -0.4 is 25.0 Å². The van der Waals surface area contributed by atoms with Crippen LogP contribution in [0.4, 0.5) is 5.82 Å². The lowest BCUT2D eigenvalue weighted by Gasteiger charge is -2.19. The maximum atomic E-state index is 5.40. The highest BCUT2D eigenvalue weighted by atomic mass is 16.5. The molecule has 3 rings (SSSR count). The molecule has 32 heavy (non-hydrogen) atoms. The number of likely N-dealkylation sites (tertiary alicyclic amines) is 1. The second-order valence-electron chi connectivity index (χ2n) is 8.16. The van der Waals surface area contributed by atoms with Gasteiger partial charge in [0.25, 0.3) is 0 Å². The molecule has 0 radical (unpaired) electrons. The number of benzene rings is 1. The highest BCUT2D eigenvalue weighted by molar-refractivity contribution is 5.80. The van der Waals surface area contributed by atoms with E-state index < -0.39 is 0 Å². The summed E-state index contributed by atoms with van der Waals surface area (Å²) in [5, 5.41) is 6.96. The van der Waals surface area contributed by atoms with Gasteiger partial charge in [-0.2, -0.15) is 0 Å². The Hall–Kier alpha value is -3.00. The predicted molar refractivity (Wildman–Crippen MR) is 130 cm³/mol. The summed E-state index contributed by atoms with van der Waals surface area (Å²) in [6.45, 7) is 6.29. The van der Waals surface area contributed by atoms with Gasteiger partial charge in [-0.05, 0) is 43.2 Å². The average molecular weight is 441 g/mol.